The molecule has 1 saturated carbocycles. The van der Waals surface area contributed by atoms with Gasteiger partial charge in [0.1, 0.15) is 0 Å². The number of hydrogen-bond acceptors (Lipinski definition) is 2. The third kappa shape index (κ3) is 3.08. The van der Waals surface area contributed by atoms with Crippen molar-refractivity contribution in [1.29, 1.82) is 0 Å². The Morgan fingerprint density at radius 2 is 1.85 bits per heavy atom. The van der Waals surface area contributed by atoms with Gasteiger partial charge < -0.3 is 10.2 Å². The van der Waals surface area contributed by atoms with Gasteiger partial charge >= 0.3 is 6.03 Å². The van der Waals surface area contributed by atoms with Crippen molar-refractivity contribution in [3.05, 3.63) is 11.6 Å². The first-order valence-electron chi connectivity index (χ1n) is 11.3. The van der Waals surface area contributed by atoms with E-state index in [4.69, 9.17) is 0 Å². The Balaban J connectivity index is 1.34. The normalized spacial score (nSPS) is 38.2. The SMILES string of the molecule is O=C(NC1CCCCC1)N1CCCC2=C[C@@H]3C[C@H](CN4CCCC[C@H]34)[C@@H]21. The molecule has 2 aliphatic carbocycles. The maximum atomic E-state index is 13.1. The molecule has 3 heterocycles. The highest BCUT2D eigenvalue weighted by atomic mass is 16.2. The molecule has 0 aromatic carbocycles. The van der Waals surface area contributed by atoms with E-state index < -0.39 is 0 Å². The molecule has 1 N–H and O–H groups in total. The van der Waals surface area contributed by atoms with E-state index >= 15 is 0 Å². The average Bonchev–Trinajstić information content (AvgIpc) is 2.68. The fourth-order valence-electron chi connectivity index (χ4n) is 6.71. The Morgan fingerprint density at radius 1 is 1.00 bits per heavy atom. The van der Waals surface area contributed by atoms with Gasteiger partial charge in [-0.15, -0.1) is 0 Å². The van der Waals surface area contributed by atoms with Gasteiger partial charge in [0, 0.05) is 25.2 Å². The summed E-state index contributed by atoms with van der Waals surface area (Å²) in [6, 6.07) is 1.82. The highest BCUT2D eigenvalue weighted by Gasteiger charge is 2.47. The zero-order valence-corrected chi connectivity index (χ0v) is 16.2. The summed E-state index contributed by atoms with van der Waals surface area (Å²) >= 11 is 0. The van der Waals surface area contributed by atoms with Gasteiger partial charge in [0.2, 0.25) is 0 Å². The minimum Gasteiger partial charge on any atom is -0.335 e. The highest BCUT2D eigenvalue weighted by molar-refractivity contribution is 5.75. The third-order valence-electron chi connectivity index (χ3n) is 7.85. The molecule has 0 radical (unpaired) electrons. The second-order valence-corrected chi connectivity index (χ2v) is 9.49. The number of hydrogen-bond donors (Lipinski definition) is 1. The van der Waals surface area contributed by atoms with Gasteiger partial charge in [0.05, 0.1) is 6.04 Å². The molecule has 4 fully saturated rings. The van der Waals surface area contributed by atoms with E-state index in [0.29, 0.717) is 18.0 Å². The molecular weight excluding hydrogens is 322 g/mol. The Hall–Kier alpha value is -1.03. The molecule has 2 amide bonds. The zero-order valence-electron chi connectivity index (χ0n) is 16.2. The van der Waals surface area contributed by atoms with Gasteiger partial charge in [-0.25, -0.2) is 4.79 Å². The van der Waals surface area contributed by atoms with Crippen LogP contribution in [0.15, 0.2) is 11.6 Å². The van der Waals surface area contributed by atoms with Crippen molar-refractivity contribution in [3.63, 3.8) is 0 Å². The summed E-state index contributed by atoms with van der Waals surface area (Å²) in [5.74, 6) is 1.41. The summed E-state index contributed by atoms with van der Waals surface area (Å²) in [4.78, 5) is 18.1. The first kappa shape index (κ1) is 17.1. The van der Waals surface area contributed by atoms with Gasteiger partial charge in [-0.05, 0) is 63.3 Å². The lowest BCUT2D eigenvalue weighted by molar-refractivity contribution is 0.00757. The molecule has 5 rings (SSSR count). The second-order valence-electron chi connectivity index (χ2n) is 9.49. The van der Waals surface area contributed by atoms with E-state index in [2.05, 4.69) is 21.2 Å². The van der Waals surface area contributed by atoms with Gasteiger partial charge in [-0.2, -0.15) is 0 Å². The van der Waals surface area contributed by atoms with Crippen LogP contribution >= 0.6 is 0 Å². The molecule has 3 aliphatic heterocycles. The number of amides is 2. The van der Waals surface area contributed by atoms with Gasteiger partial charge in [-0.1, -0.05) is 37.3 Å². The van der Waals surface area contributed by atoms with E-state index in [-0.39, 0.29) is 6.03 Å². The van der Waals surface area contributed by atoms with Crippen LogP contribution in [-0.4, -0.2) is 53.6 Å². The van der Waals surface area contributed by atoms with Crippen molar-refractivity contribution in [2.75, 3.05) is 19.6 Å². The van der Waals surface area contributed by atoms with Crippen molar-refractivity contribution in [1.82, 2.24) is 15.1 Å². The predicted octanol–water partition coefficient (Wildman–Crippen LogP) is 3.92. The number of nitrogens with zero attached hydrogens (tertiary/aromatic N) is 2. The number of carbonyl (C=O) groups excluding carboxylic acids is 1. The lowest BCUT2D eigenvalue weighted by Crippen LogP contribution is -2.61. The predicted molar refractivity (Wildman–Crippen MR) is 104 cm³/mol. The number of likely N-dealkylation sites (tertiary alicyclic amines) is 1. The molecule has 4 atom stereocenters. The van der Waals surface area contributed by atoms with Gasteiger partial charge in [0.25, 0.3) is 0 Å². The van der Waals surface area contributed by atoms with Crippen LogP contribution in [0.1, 0.15) is 70.6 Å². The second kappa shape index (κ2) is 7.18. The van der Waals surface area contributed by atoms with Crippen LogP contribution in [0.3, 0.4) is 0 Å². The standard InChI is InChI=1S/C22H35N3O/c26-22(23-19-8-2-1-3-9-19)25-12-6-7-16-13-17-14-18(21(16)25)15-24-11-5-4-10-20(17)24/h13,17-21H,1-12,14-15H2,(H,23,26)/t17-,18-,20-,21-/m1/s1. The number of rotatable bonds is 1. The molecule has 3 saturated heterocycles. The maximum absolute atomic E-state index is 13.1. The van der Waals surface area contributed by atoms with Crippen LogP contribution in [0, 0.1) is 11.8 Å². The third-order valence-corrected chi connectivity index (χ3v) is 7.85. The van der Waals surface area contributed by atoms with Crippen LogP contribution in [0.2, 0.25) is 0 Å². The average molecular weight is 358 g/mol. The summed E-state index contributed by atoms with van der Waals surface area (Å²) in [6.45, 7) is 3.45. The van der Waals surface area contributed by atoms with Crippen molar-refractivity contribution < 1.29 is 4.79 Å². The maximum Gasteiger partial charge on any atom is 0.318 e. The summed E-state index contributed by atoms with van der Waals surface area (Å²) in [6.07, 6.45) is 16.7. The van der Waals surface area contributed by atoms with E-state index in [1.54, 1.807) is 5.57 Å². The fourth-order valence-corrected chi connectivity index (χ4v) is 6.71. The van der Waals surface area contributed by atoms with Crippen LogP contribution in [0.4, 0.5) is 4.79 Å². The molecule has 0 aromatic heterocycles. The Bertz CT molecular complexity index is 568. The van der Waals surface area contributed by atoms with Crippen molar-refractivity contribution >= 4 is 6.03 Å². The molecule has 2 bridgehead atoms. The van der Waals surface area contributed by atoms with Crippen molar-refractivity contribution in [2.45, 2.75) is 88.8 Å². The smallest absolute Gasteiger partial charge is 0.318 e. The van der Waals surface area contributed by atoms with Crippen LogP contribution in [0.25, 0.3) is 0 Å². The van der Waals surface area contributed by atoms with Crippen LogP contribution in [0.5, 0.6) is 0 Å². The fraction of sp³-hybridized carbons (Fsp3) is 0.864. The topological polar surface area (TPSA) is 35.6 Å². The zero-order chi connectivity index (χ0) is 17.5. The van der Waals surface area contributed by atoms with E-state index in [1.165, 1.54) is 77.3 Å². The minimum atomic E-state index is 0.228. The van der Waals surface area contributed by atoms with Crippen LogP contribution < -0.4 is 5.32 Å². The molecule has 0 aromatic rings. The summed E-state index contributed by atoms with van der Waals surface area (Å²) in [7, 11) is 0. The quantitative estimate of drug-likeness (QED) is 0.722. The molecule has 0 spiro atoms. The number of nitrogens with one attached hydrogen (secondary N) is 1. The van der Waals surface area contributed by atoms with E-state index in [0.717, 1.165) is 24.9 Å². The number of urea groups is 1. The molecule has 4 heteroatoms. The molecule has 144 valence electrons. The van der Waals surface area contributed by atoms with E-state index in [1.807, 2.05) is 0 Å². The van der Waals surface area contributed by atoms with Crippen LogP contribution in [-0.2, 0) is 0 Å². The van der Waals surface area contributed by atoms with Gasteiger partial charge in [0.15, 0.2) is 0 Å². The summed E-state index contributed by atoms with van der Waals surface area (Å²) in [5, 5.41) is 3.40. The lowest BCUT2D eigenvalue weighted by Gasteiger charge is -2.54. The Kier molecular flexibility index (Phi) is 4.72. The van der Waals surface area contributed by atoms with E-state index in [9.17, 15) is 4.79 Å². The molecule has 26 heavy (non-hydrogen) atoms. The Labute approximate surface area is 158 Å². The number of carbonyl (C=O) groups is 1. The highest BCUT2D eigenvalue weighted by Crippen LogP contribution is 2.45. The summed E-state index contributed by atoms with van der Waals surface area (Å²) in [5.41, 5.74) is 1.60. The molecule has 5 aliphatic rings. The largest absolute Gasteiger partial charge is 0.335 e. The molecule has 4 nitrogen and oxygen atoms in total. The minimum absolute atomic E-state index is 0.228. The Morgan fingerprint density at radius 3 is 2.73 bits per heavy atom. The lowest BCUT2D eigenvalue weighted by atomic mass is 9.68. The monoisotopic (exact) mass is 357 g/mol. The van der Waals surface area contributed by atoms with Gasteiger partial charge in [-0.3, -0.25) is 4.90 Å². The molecular formula is C22H35N3O. The van der Waals surface area contributed by atoms with Crippen molar-refractivity contribution in [3.8, 4) is 0 Å². The first-order valence-corrected chi connectivity index (χ1v) is 11.3. The summed E-state index contributed by atoms with van der Waals surface area (Å²) < 4.78 is 0. The number of fused-ring (bicyclic) bond motifs is 6. The van der Waals surface area contributed by atoms with Crippen molar-refractivity contribution in [2.24, 2.45) is 11.8 Å². The first-order chi connectivity index (χ1) is 12.8. The molecule has 0 unspecified atom stereocenters. The number of piperidine rings is 3.